The summed E-state index contributed by atoms with van der Waals surface area (Å²) >= 11 is 0. The van der Waals surface area contributed by atoms with Crippen LogP contribution < -0.4 is 5.73 Å². The van der Waals surface area contributed by atoms with Gasteiger partial charge in [0, 0.05) is 0 Å². The predicted molar refractivity (Wildman–Crippen MR) is 53.6 cm³/mol. The molecule has 13 heavy (non-hydrogen) atoms. The summed E-state index contributed by atoms with van der Waals surface area (Å²) in [4.78, 5) is 0. The molecule has 68 valence electrons. The van der Waals surface area contributed by atoms with E-state index in [0.29, 0.717) is 5.41 Å². The van der Waals surface area contributed by atoms with Crippen molar-refractivity contribution in [2.45, 2.75) is 24.7 Å². The molecule has 3 rings (SSSR count). The average molecular weight is 173 g/mol. The van der Waals surface area contributed by atoms with E-state index in [-0.39, 0.29) is 0 Å². The Labute approximate surface area is 78.9 Å². The third-order valence-electron chi connectivity index (χ3n) is 3.87. The molecule has 2 aliphatic rings. The molecule has 0 amide bonds. The Kier molecular flexibility index (Phi) is 1.37. The summed E-state index contributed by atoms with van der Waals surface area (Å²) in [5.41, 5.74) is 9.50. The van der Waals surface area contributed by atoms with Gasteiger partial charge in [-0.1, -0.05) is 24.3 Å². The number of fused-ring (bicyclic) bond motifs is 2. The van der Waals surface area contributed by atoms with Crippen LogP contribution in [0.15, 0.2) is 24.3 Å². The van der Waals surface area contributed by atoms with Crippen LogP contribution in [0, 0.1) is 5.92 Å². The van der Waals surface area contributed by atoms with E-state index in [1.807, 2.05) is 0 Å². The molecular formula is C12H15N. The van der Waals surface area contributed by atoms with Gasteiger partial charge in [-0.15, -0.1) is 0 Å². The van der Waals surface area contributed by atoms with E-state index in [9.17, 15) is 0 Å². The van der Waals surface area contributed by atoms with Crippen LogP contribution in [-0.4, -0.2) is 6.54 Å². The van der Waals surface area contributed by atoms with E-state index in [0.717, 1.165) is 12.5 Å². The van der Waals surface area contributed by atoms with Gasteiger partial charge in [-0.05, 0) is 48.3 Å². The molecular weight excluding hydrogens is 158 g/mol. The van der Waals surface area contributed by atoms with Gasteiger partial charge in [0.05, 0.1) is 0 Å². The standard InChI is InChI=1S/C12H15N/c13-8-10-7-9-3-1-2-4-11(9)12(10)5-6-12/h1-4,10H,5-8,13H2. The molecule has 2 aliphatic carbocycles. The molecule has 1 aromatic rings. The summed E-state index contributed by atoms with van der Waals surface area (Å²) in [5.74, 6) is 0.727. The second-order valence-corrected chi connectivity index (χ2v) is 4.45. The number of nitrogens with two attached hydrogens (primary N) is 1. The number of rotatable bonds is 1. The number of hydrogen-bond donors (Lipinski definition) is 1. The first kappa shape index (κ1) is 7.57. The summed E-state index contributed by atoms with van der Waals surface area (Å²) in [6.45, 7) is 0.856. The Morgan fingerprint density at radius 2 is 2.08 bits per heavy atom. The first-order valence-corrected chi connectivity index (χ1v) is 5.15. The molecule has 0 aromatic heterocycles. The number of benzene rings is 1. The maximum atomic E-state index is 5.83. The molecule has 0 radical (unpaired) electrons. The molecule has 1 heteroatoms. The van der Waals surface area contributed by atoms with Crippen molar-refractivity contribution in [3.05, 3.63) is 35.4 Å². The highest BCUT2D eigenvalue weighted by Gasteiger charge is 2.54. The summed E-state index contributed by atoms with van der Waals surface area (Å²) in [5, 5.41) is 0. The third kappa shape index (κ3) is 0.856. The Bertz CT molecular complexity index is 339. The highest BCUT2D eigenvalue weighted by atomic mass is 14.7. The molecule has 1 nitrogen and oxygen atoms in total. The van der Waals surface area contributed by atoms with Gasteiger partial charge in [-0.2, -0.15) is 0 Å². The van der Waals surface area contributed by atoms with Gasteiger partial charge in [0.25, 0.3) is 0 Å². The van der Waals surface area contributed by atoms with E-state index in [1.165, 1.54) is 19.3 Å². The Hall–Kier alpha value is -0.820. The predicted octanol–water partition coefficient (Wildman–Crippen LogP) is 1.85. The lowest BCUT2D eigenvalue weighted by molar-refractivity contribution is 0.450. The molecule has 1 aromatic carbocycles. The first-order valence-electron chi connectivity index (χ1n) is 5.15. The molecule has 1 saturated carbocycles. The molecule has 0 aliphatic heterocycles. The topological polar surface area (TPSA) is 26.0 Å². The first-order chi connectivity index (χ1) is 6.37. The Morgan fingerprint density at radius 1 is 1.31 bits per heavy atom. The van der Waals surface area contributed by atoms with Gasteiger partial charge in [-0.25, -0.2) is 0 Å². The smallest absolute Gasteiger partial charge is 0.0000203 e. The quantitative estimate of drug-likeness (QED) is 0.689. The molecule has 1 fully saturated rings. The lowest BCUT2D eigenvalue weighted by Gasteiger charge is -2.16. The van der Waals surface area contributed by atoms with Crippen molar-refractivity contribution in [1.29, 1.82) is 0 Å². The molecule has 1 spiro atoms. The van der Waals surface area contributed by atoms with Crippen molar-refractivity contribution < 1.29 is 0 Å². The van der Waals surface area contributed by atoms with Crippen LogP contribution in [0.2, 0.25) is 0 Å². The summed E-state index contributed by atoms with van der Waals surface area (Å²) in [6, 6.07) is 8.88. The molecule has 0 heterocycles. The van der Waals surface area contributed by atoms with E-state index in [1.54, 1.807) is 11.1 Å². The summed E-state index contributed by atoms with van der Waals surface area (Å²) in [7, 11) is 0. The van der Waals surface area contributed by atoms with Crippen molar-refractivity contribution in [3.8, 4) is 0 Å². The van der Waals surface area contributed by atoms with Crippen molar-refractivity contribution in [3.63, 3.8) is 0 Å². The van der Waals surface area contributed by atoms with E-state index < -0.39 is 0 Å². The zero-order valence-electron chi connectivity index (χ0n) is 7.79. The van der Waals surface area contributed by atoms with Crippen molar-refractivity contribution >= 4 is 0 Å². The van der Waals surface area contributed by atoms with Crippen LogP contribution in [0.5, 0.6) is 0 Å². The minimum Gasteiger partial charge on any atom is -0.330 e. The van der Waals surface area contributed by atoms with Gasteiger partial charge in [0.15, 0.2) is 0 Å². The largest absolute Gasteiger partial charge is 0.330 e. The molecule has 0 bridgehead atoms. The highest BCUT2D eigenvalue weighted by Crippen LogP contribution is 2.59. The van der Waals surface area contributed by atoms with Gasteiger partial charge in [0.2, 0.25) is 0 Å². The SMILES string of the molecule is NCC1Cc2ccccc2C12CC2. The van der Waals surface area contributed by atoms with Gasteiger partial charge in [0.1, 0.15) is 0 Å². The van der Waals surface area contributed by atoms with Crippen molar-refractivity contribution in [2.75, 3.05) is 6.54 Å². The normalized spacial score (nSPS) is 27.6. The van der Waals surface area contributed by atoms with E-state index in [2.05, 4.69) is 24.3 Å². The molecule has 0 saturated heterocycles. The van der Waals surface area contributed by atoms with Crippen LogP contribution in [0.1, 0.15) is 24.0 Å². The second kappa shape index (κ2) is 2.36. The molecule has 1 unspecified atom stereocenters. The van der Waals surface area contributed by atoms with Crippen LogP contribution in [0.25, 0.3) is 0 Å². The van der Waals surface area contributed by atoms with Gasteiger partial charge in [-0.3, -0.25) is 0 Å². The van der Waals surface area contributed by atoms with Gasteiger partial charge < -0.3 is 5.73 Å². The highest BCUT2D eigenvalue weighted by molar-refractivity contribution is 5.45. The minimum absolute atomic E-state index is 0.519. The monoisotopic (exact) mass is 173 g/mol. The van der Waals surface area contributed by atoms with Crippen LogP contribution >= 0.6 is 0 Å². The summed E-state index contributed by atoms with van der Waals surface area (Å²) < 4.78 is 0. The Balaban J connectivity index is 2.11. The maximum Gasteiger partial charge on any atom is -0.0000203 e. The summed E-state index contributed by atoms with van der Waals surface area (Å²) in [6.07, 6.45) is 3.95. The zero-order valence-corrected chi connectivity index (χ0v) is 7.79. The lowest BCUT2D eigenvalue weighted by Crippen LogP contribution is -2.23. The fourth-order valence-corrected chi connectivity index (χ4v) is 2.99. The fourth-order valence-electron chi connectivity index (χ4n) is 2.99. The van der Waals surface area contributed by atoms with Crippen LogP contribution in [0.4, 0.5) is 0 Å². The van der Waals surface area contributed by atoms with Crippen molar-refractivity contribution in [2.24, 2.45) is 11.7 Å². The molecule has 1 atom stereocenters. The van der Waals surface area contributed by atoms with Gasteiger partial charge >= 0.3 is 0 Å². The Morgan fingerprint density at radius 3 is 2.77 bits per heavy atom. The van der Waals surface area contributed by atoms with Crippen LogP contribution in [0.3, 0.4) is 0 Å². The maximum absolute atomic E-state index is 5.83. The fraction of sp³-hybridized carbons (Fsp3) is 0.500. The van der Waals surface area contributed by atoms with Crippen LogP contribution in [-0.2, 0) is 11.8 Å². The lowest BCUT2D eigenvalue weighted by atomic mass is 9.89. The average Bonchev–Trinajstić information content (AvgIpc) is 2.88. The third-order valence-corrected chi connectivity index (χ3v) is 3.87. The number of hydrogen-bond acceptors (Lipinski definition) is 1. The van der Waals surface area contributed by atoms with E-state index in [4.69, 9.17) is 5.73 Å². The van der Waals surface area contributed by atoms with Crippen molar-refractivity contribution in [1.82, 2.24) is 0 Å². The minimum atomic E-state index is 0.519. The molecule has 2 N–H and O–H groups in total. The second-order valence-electron chi connectivity index (χ2n) is 4.45. The van der Waals surface area contributed by atoms with E-state index >= 15 is 0 Å². The zero-order chi connectivity index (χ0) is 8.89.